The van der Waals surface area contributed by atoms with Gasteiger partial charge >= 0.3 is 0 Å². The molecule has 1 fully saturated rings. The van der Waals surface area contributed by atoms with Crippen molar-refractivity contribution in [3.8, 4) is 0 Å². The summed E-state index contributed by atoms with van der Waals surface area (Å²) in [6, 6.07) is 0. The van der Waals surface area contributed by atoms with Gasteiger partial charge in [0.05, 0.1) is 0 Å². The summed E-state index contributed by atoms with van der Waals surface area (Å²) >= 11 is 0. The summed E-state index contributed by atoms with van der Waals surface area (Å²) in [5, 5.41) is 0. The normalized spacial score (nSPS) is 26.8. The molecule has 0 radical (unpaired) electrons. The Morgan fingerprint density at radius 1 is 1.00 bits per heavy atom. The molecule has 3 rings (SSSR count). The van der Waals surface area contributed by atoms with E-state index in [-0.39, 0.29) is 5.41 Å². The molecule has 2 nitrogen and oxygen atoms in total. The van der Waals surface area contributed by atoms with Gasteiger partial charge in [0.1, 0.15) is 0 Å². The Labute approximate surface area is 147 Å². The second kappa shape index (κ2) is 7.40. The lowest BCUT2D eigenvalue weighted by molar-refractivity contribution is 0.172. The summed E-state index contributed by atoms with van der Waals surface area (Å²) in [5.74, 6) is 0.518. The van der Waals surface area contributed by atoms with Crippen LogP contribution in [0.25, 0.3) is 0 Å². The zero-order valence-corrected chi connectivity index (χ0v) is 15.3. The van der Waals surface area contributed by atoms with E-state index in [1.165, 1.54) is 11.3 Å². The maximum atomic E-state index is 2.57. The first-order valence-corrected chi connectivity index (χ1v) is 9.13. The van der Waals surface area contributed by atoms with Gasteiger partial charge in [0, 0.05) is 43.8 Å². The second-order valence-corrected chi connectivity index (χ2v) is 7.71. The van der Waals surface area contributed by atoms with Crippen molar-refractivity contribution in [3.05, 3.63) is 72.0 Å². The van der Waals surface area contributed by atoms with Gasteiger partial charge in [-0.3, -0.25) is 4.90 Å². The number of allylic oxidation sites excluding steroid dienone is 9. The molecule has 3 aliphatic rings. The number of hydrogen-bond acceptors (Lipinski definition) is 2. The van der Waals surface area contributed by atoms with Crippen LogP contribution in [-0.2, 0) is 0 Å². The Morgan fingerprint density at radius 2 is 1.79 bits per heavy atom. The van der Waals surface area contributed by atoms with Gasteiger partial charge in [-0.1, -0.05) is 75.5 Å². The van der Waals surface area contributed by atoms with E-state index in [0.29, 0.717) is 5.92 Å². The molecule has 0 saturated carbocycles. The van der Waals surface area contributed by atoms with Crippen LogP contribution in [0.15, 0.2) is 72.0 Å². The lowest BCUT2D eigenvalue weighted by Crippen LogP contribution is -2.46. The Bertz CT molecular complexity index is 620. The van der Waals surface area contributed by atoms with Crippen molar-refractivity contribution in [2.24, 2.45) is 11.3 Å². The molecule has 0 aromatic rings. The fourth-order valence-electron chi connectivity index (χ4n) is 3.37. The molecule has 1 atom stereocenters. The lowest BCUT2D eigenvalue weighted by Gasteiger charge is -2.37. The molecule has 0 amide bonds. The van der Waals surface area contributed by atoms with E-state index in [4.69, 9.17) is 0 Å². The highest BCUT2D eigenvalue weighted by atomic mass is 15.3. The van der Waals surface area contributed by atoms with Crippen LogP contribution in [0.2, 0.25) is 0 Å². The van der Waals surface area contributed by atoms with Crippen molar-refractivity contribution in [1.82, 2.24) is 9.80 Å². The van der Waals surface area contributed by atoms with E-state index in [0.717, 1.165) is 32.7 Å². The molecule has 0 spiro atoms. The molecule has 0 bridgehead atoms. The lowest BCUT2D eigenvalue weighted by atomic mass is 9.93. The summed E-state index contributed by atoms with van der Waals surface area (Å²) in [4.78, 5) is 5.10. The highest BCUT2D eigenvalue weighted by Crippen LogP contribution is 2.23. The van der Waals surface area contributed by atoms with Crippen molar-refractivity contribution in [2.45, 2.75) is 20.8 Å². The van der Waals surface area contributed by atoms with Crippen LogP contribution in [0, 0.1) is 11.3 Å². The van der Waals surface area contributed by atoms with Crippen LogP contribution in [0.4, 0.5) is 0 Å². The third-order valence-electron chi connectivity index (χ3n) is 4.93. The minimum absolute atomic E-state index is 0.167. The fraction of sp³-hybridized carbons (Fsp3) is 0.455. The largest absolute Gasteiger partial charge is 0.369 e. The molecular weight excluding hydrogens is 292 g/mol. The third-order valence-corrected chi connectivity index (χ3v) is 4.93. The zero-order chi connectivity index (χ0) is 17.0. The van der Waals surface area contributed by atoms with Gasteiger partial charge in [0.15, 0.2) is 0 Å². The minimum atomic E-state index is 0.167. The van der Waals surface area contributed by atoms with Crippen molar-refractivity contribution < 1.29 is 0 Å². The van der Waals surface area contributed by atoms with Gasteiger partial charge in [0.2, 0.25) is 0 Å². The van der Waals surface area contributed by atoms with Gasteiger partial charge in [-0.05, 0) is 17.6 Å². The monoisotopic (exact) mass is 322 g/mol. The highest BCUT2D eigenvalue weighted by molar-refractivity contribution is 5.32. The molecule has 24 heavy (non-hydrogen) atoms. The number of hydrogen-bond donors (Lipinski definition) is 0. The topological polar surface area (TPSA) is 6.48 Å². The van der Waals surface area contributed by atoms with Gasteiger partial charge in [-0.25, -0.2) is 0 Å². The first-order chi connectivity index (χ1) is 11.5. The van der Waals surface area contributed by atoms with Gasteiger partial charge in [-0.15, -0.1) is 0 Å². The maximum absolute atomic E-state index is 2.57. The average Bonchev–Trinajstić information content (AvgIpc) is 2.86. The first-order valence-electron chi connectivity index (χ1n) is 9.13. The van der Waals surface area contributed by atoms with E-state index in [9.17, 15) is 0 Å². The van der Waals surface area contributed by atoms with E-state index in [2.05, 4.69) is 91.3 Å². The molecular formula is C22H30N2. The number of rotatable bonds is 3. The zero-order valence-electron chi connectivity index (χ0n) is 15.3. The van der Waals surface area contributed by atoms with E-state index < -0.39 is 0 Å². The van der Waals surface area contributed by atoms with Gasteiger partial charge in [0.25, 0.3) is 0 Å². The SMILES string of the molecule is CC1C=CC=CC(N2CCN(CC3=CC=CC(C)(C)C=C3)CC2)=C1. The average molecular weight is 322 g/mol. The van der Waals surface area contributed by atoms with Gasteiger partial charge in [-0.2, -0.15) is 0 Å². The molecule has 2 aliphatic carbocycles. The van der Waals surface area contributed by atoms with E-state index >= 15 is 0 Å². The molecule has 0 aromatic heterocycles. The van der Waals surface area contributed by atoms with Crippen LogP contribution < -0.4 is 0 Å². The Kier molecular flexibility index (Phi) is 5.25. The van der Waals surface area contributed by atoms with Crippen molar-refractivity contribution in [2.75, 3.05) is 32.7 Å². The summed E-state index contributed by atoms with van der Waals surface area (Å²) in [5.41, 5.74) is 2.96. The quantitative estimate of drug-likeness (QED) is 0.763. The highest BCUT2D eigenvalue weighted by Gasteiger charge is 2.19. The summed E-state index contributed by atoms with van der Waals surface area (Å²) in [6.45, 7) is 12.3. The predicted molar refractivity (Wildman–Crippen MR) is 104 cm³/mol. The van der Waals surface area contributed by atoms with Crippen LogP contribution in [0.5, 0.6) is 0 Å². The van der Waals surface area contributed by atoms with Crippen LogP contribution in [-0.4, -0.2) is 42.5 Å². The summed E-state index contributed by atoms with van der Waals surface area (Å²) in [7, 11) is 0. The molecule has 1 heterocycles. The van der Waals surface area contributed by atoms with Crippen molar-refractivity contribution in [3.63, 3.8) is 0 Å². The summed E-state index contributed by atoms with van der Waals surface area (Å²) in [6.07, 6.45) is 22.6. The van der Waals surface area contributed by atoms with Gasteiger partial charge < -0.3 is 4.90 Å². The smallest absolute Gasteiger partial charge is 0.0332 e. The molecule has 1 aliphatic heterocycles. The van der Waals surface area contributed by atoms with E-state index in [1.807, 2.05) is 0 Å². The molecule has 2 heteroatoms. The van der Waals surface area contributed by atoms with Crippen LogP contribution >= 0.6 is 0 Å². The molecule has 1 saturated heterocycles. The van der Waals surface area contributed by atoms with E-state index in [1.54, 1.807) is 0 Å². The van der Waals surface area contributed by atoms with Crippen LogP contribution in [0.3, 0.4) is 0 Å². The third kappa shape index (κ3) is 4.61. The number of piperazine rings is 1. The molecule has 128 valence electrons. The summed E-state index contributed by atoms with van der Waals surface area (Å²) < 4.78 is 0. The Hall–Kier alpha value is -1.80. The molecule has 1 unspecified atom stereocenters. The van der Waals surface area contributed by atoms with Crippen molar-refractivity contribution in [1.29, 1.82) is 0 Å². The fourth-order valence-corrected chi connectivity index (χ4v) is 3.37. The number of nitrogens with zero attached hydrogens (tertiary/aromatic N) is 2. The minimum Gasteiger partial charge on any atom is -0.369 e. The Balaban J connectivity index is 1.54. The standard InChI is InChI=1S/C22H30N2/c1-19-7-4-5-9-21(17-19)24-15-13-23(14-16-24)18-20-8-6-11-22(2,3)12-10-20/h4-12,17,19H,13-16,18H2,1-3H3. The molecule has 0 N–H and O–H groups in total. The predicted octanol–water partition coefficient (Wildman–Crippen LogP) is 4.33. The van der Waals surface area contributed by atoms with Crippen molar-refractivity contribution >= 4 is 0 Å². The molecule has 0 aromatic carbocycles. The first kappa shape index (κ1) is 17.0. The Morgan fingerprint density at radius 3 is 2.58 bits per heavy atom. The second-order valence-electron chi connectivity index (χ2n) is 7.71. The maximum Gasteiger partial charge on any atom is 0.0332 e. The van der Waals surface area contributed by atoms with Crippen LogP contribution in [0.1, 0.15) is 20.8 Å².